The molecule has 4 atom stereocenters. The summed E-state index contributed by atoms with van der Waals surface area (Å²) in [6.45, 7) is 0.226. The van der Waals surface area contributed by atoms with Crippen LogP contribution in [0.5, 0.6) is 5.75 Å². The second kappa shape index (κ2) is 15.7. The van der Waals surface area contributed by atoms with Crippen molar-refractivity contribution in [3.63, 3.8) is 0 Å². The van der Waals surface area contributed by atoms with Crippen LogP contribution >= 0.6 is 23.2 Å². The number of carbonyl (C=O) groups excluding carboxylic acids is 2. The Morgan fingerprint density at radius 3 is 2.52 bits per heavy atom. The van der Waals surface area contributed by atoms with Crippen LogP contribution in [0.3, 0.4) is 0 Å². The SMILES string of the molecule is CS(=O)(=O)N[C@H]1CCCCC1N1C(=O)c2ccccc2[C@@H](C(=O)NOCc2cccc(OCCCC(=O)O)c2)[C@@H]1c1ccc(Cl)cc1Cl. The van der Waals surface area contributed by atoms with E-state index >= 15 is 0 Å². The molecule has 3 N–H and O–H groups in total. The number of nitrogens with one attached hydrogen (secondary N) is 2. The van der Waals surface area contributed by atoms with Gasteiger partial charge in [0.15, 0.2) is 0 Å². The van der Waals surface area contributed by atoms with Crippen molar-refractivity contribution in [1.29, 1.82) is 0 Å². The summed E-state index contributed by atoms with van der Waals surface area (Å²) >= 11 is 13.0. The molecule has 0 saturated heterocycles. The predicted molar refractivity (Wildman–Crippen MR) is 180 cm³/mol. The number of rotatable bonds is 13. The van der Waals surface area contributed by atoms with Crippen LogP contribution in [-0.2, 0) is 31.1 Å². The predicted octanol–water partition coefficient (Wildman–Crippen LogP) is 5.63. The van der Waals surface area contributed by atoms with Gasteiger partial charge in [-0.25, -0.2) is 18.6 Å². The van der Waals surface area contributed by atoms with E-state index in [1.165, 1.54) is 0 Å². The molecule has 3 aromatic carbocycles. The summed E-state index contributed by atoms with van der Waals surface area (Å²) in [5.74, 6) is -2.21. The third kappa shape index (κ3) is 8.66. The van der Waals surface area contributed by atoms with Crippen LogP contribution in [-0.4, -0.2) is 61.2 Å². The van der Waals surface area contributed by atoms with Gasteiger partial charge in [0.05, 0.1) is 31.4 Å². The molecule has 0 bridgehead atoms. The lowest BCUT2D eigenvalue weighted by molar-refractivity contribution is -0.138. The van der Waals surface area contributed by atoms with Gasteiger partial charge in [0.25, 0.3) is 11.8 Å². The quantitative estimate of drug-likeness (QED) is 0.152. The second-order valence-corrected chi connectivity index (χ2v) is 14.6. The first kappa shape index (κ1) is 35.6. The summed E-state index contributed by atoms with van der Waals surface area (Å²) < 4.78 is 33.2. The number of fused-ring (bicyclic) bond motifs is 1. The number of halogens is 2. The lowest BCUT2D eigenvalue weighted by atomic mass is 9.76. The smallest absolute Gasteiger partial charge is 0.303 e. The molecule has 48 heavy (non-hydrogen) atoms. The number of hydrogen-bond donors (Lipinski definition) is 3. The molecule has 2 amide bonds. The Bertz CT molecular complexity index is 1770. The fourth-order valence-electron chi connectivity index (χ4n) is 6.52. The van der Waals surface area contributed by atoms with E-state index in [1.807, 2.05) is 0 Å². The number of nitrogens with zero attached hydrogens (tertiary/aromatic N) is 1. The Labute approximate surface area is 289 Å². The highest BCUT2D eigenvalue weighted by molar-refractivity contribution is 7.88. The van der Waals surface area contributed by atoms with E-state index < -0.39 is 45.9 Å². The Morgan fingerprint density at radius 2 is 1.77 bits per heavy atom. The van der Waals surface area contributed by atoms with Gasteiger partial charge >= 0.3 is 5.97 Å². The van der Waals surface area contributed by atoms with E-state index in [0.717, 1.165) is 19.1 Å². The van der Waals surface area contributed by atoms with E-state index in [1.54, 1.807) is 71.6 Å². The minimum Gasteiger partial charge on any atom is -0.494 e. The van der Waals surface area contributed by atoms with Crippen molar-refractivity contribution >= 4 is 51.0 Å². The van der Waals surface area contributed by atoms with Crippen molar-refractivity contribution in [2.75, 3.05) is 12.9 Å². The zero-order valence-corrected chi connectivity index (χ0v) is 28.6. The number of carbonyl (C=O) groups is 3. The van der Waals surface area contributed by atoms with Gasteiger partial charge < -0.3 is 14.7 Å². The molecule has 1 unspecified atom stereocenters. The van der Waals surface area contributed by atoms with Gasteiger partial charge in [0, 0.05) is 34.1 Å². The molecular weight excluding hydrogens is 681 g/mol. The van der Waals surface area contributed by atoms with E-state index in [9.17, 15) is 22.8 Å². The molecule has 3 aromatic rings. The van der Waals surface area contributed by atoms with Gasteiger partial charge in [0.2, 0.25) is 10.0 Å². The van der Waals surface area contributed by atoms with Crippen LogP contribution < -0.4 is 14.9 Å². The average molecular weight is 719 g/mol. The first-order valence-electron chi connectivity index (χ1n) is 15.6. The highest BCUT2D eigenvalue weighted by Gasteiger charge is 2.49. The van der Waals surface area contributed by atoms with Crippen LogP contribution in [0, 0.1) is 0 Å². The van der Waals surface area contributed by atoms with E-state index in [-0.39, 0.29) is 30.6 Å². The van der Waals surface area contributed by atoms with E-state index in [2.05, 4.69) is 10.2 Å². The molecule has 1 heterocycles. The maximum Gasteiger partial charge on any atom is 0.303 e. The first-order chi connectivity index (χ1) is 22.9. The van der Waals surface area contributed by atoms with Gasteiger partial charge in [-0.2, -0.15) is 0 Å². The van der Waals surface area contributed by atoms with Gasteiger partial charge in [-0.3, -0.25) is 19.2 Å². The molecular formula is C34H37Cl2N3O8S. The van der Waals surface area contributed by atoms with Crippen molar-refractivity contribution in [3.8, 4) is 5.75 Å². The number of hydroxylamine groups is 1. The molecule has 0 radical (unpaired) electrons. The summed E-state index contributed by atoms with van der Waals surface area (Å²) in [4.78, 5) is 46.7. The second-order valence-electron chi connectivity index (χ2n) is 12.0. The number of ether oxygens (including phenoxy) is 1. The van der Waals surface area contributed by atoms with Crippen molar-refractivity contribution in [2.24, 2.45) is 0 Å². The fraction of sp³-hybridized carbons (Fsp3) is 0.382. The highest BCUT2D eigenvalue weighted by atomic mass is 35.5. The first-order valence-corrected chi connectivity index (χ1v) is 18.3. The molecule has 14 heteroatoms. The van der Waals surface area contributed by atoms with Crippen LogP contribution in [0.2, 0.25) is 10.0 Å². The zero-order valence-electron chi connectivity index (χ0n) is 26.2. The molecule has 11 nitrogen and oxygen atoms in total. The number of amides is 2. The van der Waals surface area contributed by atoms with Crippen LogP contribution in [0.4, 0.5) is 0 Å². The summed E-state index contributed by atoms with van der Waals surface area (Å²) in [7, 11) is -3.61. The van der Waals surface area contributed by atoms with Crippen LogP contribution in [0.25, 0.3) is 0 Å². The molecule has 1 aliphatic carbocycles. The van der Waals surface area contributed by atoms with Gasteiger partial charge in [-0.05, 0) is 66.3 Å². The Hall–Kier alpha value is -3.68. The third-order valence-corrected chi connectivity index (χ3v) is 9.80. The topological polar surface area (TPSA) is 151 Å². The number of hydrogen-bond acceptors (Lipinski definition) is 7. The molecule has 0 aromatic heterocycles. The number of carboxylic acids is 1. The molecule has 5 rings (SSSR count). The van der Waals surface area contributed by atoms with E-state index in [0.29, 0.717) is 52.3 Å². The largest absolute Gasteiger partial charge is 0.494 e. The number of sulfonamides is 1. The number of benzene rings is 3. The third-order valence-electron chi connectivity index (χ3n) is 8.51. The number of aliphatic carboxylic acids is 1. The van der Waals surface area contributed by atoms with Crippen molar-refractivity contribution in [3.05, 3.63) is 99.0 Å². The summed E-state index contributed by atoms with van der Waals surface area (Å²) in [5, 5.41) is 9.47. The van der Waals surface area contributed by atoms with Crippen molar-refractivity contribution in [1.82, 2.24) is 15.1 Å². The Balaban J connectivity index is 1.46. The summed E-state index contributed by atoms with van der Waals surface area (Å²) in [6.07, 6.45) is 4.03. The zero-order chi connectivity index (χ0) is 34.4. The summed E-state index contributed by atoms with van der Waals surface area (Å²) in [5.41, 5.74) is 4.57. The van der Waals surface area contributed by atoms with Gasteiger partial charge in [-0.1, -0.05) is 72.4 Å². The molecule has 2 aliphatic rings. The number of carboxylic acid groups (broad SMARTS) is 1. The molecule has 0 spiro atoms. The normalized spacial score (nSPS) is 21.0. The minimum atomic E-state index is -3.61. The highest BCUT2D eigenvalue weighted by Crippen LogP contribution is 2.47. The molecule has 1 saturated carbocycles. The fourth-order valence-corrected chi connectivity index (χ4v) is 7.87. The Kier molecular flexibility index (Phi) is 11.6. The lowest BCUT2D eigenvalue weighted by Gasteiger charge is -2.49. The van der Waals surface area contributed by atoms with Crippen LogP contribution in [0.15, 0.2) is 66.7 Å². The molecule has 256 valence electrons. The standard InChI is InChI=1S/C34H37Cl2N3O8S/c1-48(44,45)38-28-12-4-5-13-29(28)39-32(26-16-15-22(35)19-27(26)36)31(24-10-2-3-11-25(24)34(39)43)33(42)37-47-20-21-8-6-9-23(18-21)46-17-7-14-30(40)41/h2-3,6,8-11,15-16,18-19,28-29,31-32,38H,4-5,7,12-14,17,20H2,1H3,(H,37,42)(H,40,41)/t28-,29?,31+,32-/m0/s1. The van der Waals surface area contributed by atoms with Crippen molar-refractivity contribution in [2.45, 2.75) is 69.2 Å². The van der Waals surface area contributed by atoms with Gasteiger partial charge in [0.1, 0.15) is 5.75 Å². The lowest BCUT2D eigenvalue weighted by Crippen LogP contribution is -2.59. The maximum absolute atomic E-state index is 14.4. The van der Waals surface area contributed by atoms with Crippen molar-refractivity contribution < 1.29 is 37.5 Å². The molecule has 1 aliphatic heterocycles. The molecule has 1 fully saturated rings. The minimum absolute atomic E-state index is 0.000000103. The monoisotopic (exact) mass is 717 g/mol. The van der Waals surface area contributed by atoms with Crippen LogP contribution in [0.1, 0.15) is 77.5 Å². The summed E-state index contributed by atoms with van der Waals surface area (Å²) in [6, 6.07) is 16.7. The Morgan fingerprint density at radius 1 is 1.00 bits per heavy atom. The maximum atomic E-state index is 14.4. The van der Waals surface area contributed by atoms with Gasteiger partial charge in [-0.15, -0.1) is 0 Å². The van der Waals surface area contributed by atoms with E-state index in [4.69, 9.17) is 37.9 Å². The average Bonchev–Trinajstić information content (AvgIpc) is 3.03.